The fourth-order valence-corrected chi connectivity index (χ4v) is 2.07. The molecule has 2 N–H and O–H groups in total. The lowest BCUT2D eigenvalue weighted by atomic mass is 10.2. The molecule has 2 bridgehead atoms. The van der Waals surface area contributed by atoms with Crippen LogP contribution in [0.4, 0.5) is 0 Å². The fourth-order valence-electron chi connectivity index (χ4n) is 2.07. The van der Waals surface area contributed by atoms with Gasteiger partial charge in [0.25, 0.3) is 0 Å². The quantitative estimate of drug-likeness (QED) is 0.602. The van der Waals surface area contributed by atoms with E-state index in [-0.39, 0.29) is 0 Å². The van der Waals surface area contributed by atoms with Crippen molar-refractivity contribution in [2.45, 2.75) is 31.5 Å². The normalized spacial score (nSPS) is 39.8. The maximum absolute atomic E-state index is 5.72. The van der Waals surface area contributed by atoms with E-state index in [0.29, 0.717) is 18.2 Å². The van der Waals surface area contributed by atoms with Crippen molar-refractivity contribution in [3.05, 3.63) is 0 Å². The smallest absolute Gasteiger partial charge is 0.0718 e. The monoisotopic (exact) mass is 156 g/mol. The zero-order valence-corrected chi connectivity index (χ0v) is 6.99. The van der Waals surface area contributed by atoms with Gasteiger partial charge in [-0.2, -0.15) is 0 Å². The van der Waals surface area contributed by atoms with Gasteiger partial charge in [-0.05, 0) is 13.3 Å². The minimum atomic E-state index is 0.300. The van der Waals surface area contributed by atoms with E-state index in [4.69, 9.17) is 10.5 Å². The first kappa shape index (κ1) is 7.53. The molecule has 11 heavy (non-hydrogen) atoms. The van der Waals surface area contributed by atoms with Crippen molar-refractivity contribution in [1.29, 1.82) is 0 Å². The molecule has 0 amide bonds. The Morgan fingerprint density at radius 3 is 3.00 bits per heavy atom. The van der Waals surface area contributed by atoms with Crippen LogP contribution in [0.3, 0.4) is 0 Å². The molecule has 3 unspecified atom stereocenters. The SMILES string of the molecule is CC(N)CN1CC2CC1CO2. The lowest BCUT2D eigenvalue weighted by Crippen LogP contribution is -2.43. The number of hydrogen-bond acceptors (Lipinski definition) is 3. The van der Waals surface area contributed by atoms with Crippen LogP contribution in [0.15, 0.2) is 0 Å². The summed E-state index contributed by atoms with van der Waals surface area (Å²) in [5.41, 5.74) is 5.72. The van der Waals surface area contributed by atoms with Gasteiger partial charge in [0.15, 0.2) is 0 Å². The first-order chi connectivity index (χ1) is 5.25. The highest BCUT2D eigenvalue weighted by molar-refractivity contribution is 4.92. The molecule has 0 saturated carbocycles. The molecule has 3 heteroatoms. The van der Waals surface area contributed by atoms with Gasteiger partial charge in [-0.3, -0.25) is 4.90 Å². The van der Waals surface area contributed by atoms with Crippen LogP contribution < -0.4 is 5.73 Å². The van der Waals surface area contributed by atoms with E-state index in [1.807, 2.05) is 0 Å². The van der Waals surface area contributed by atoms with Crippen LogP contribution >= 0.6 is 0 Å². The third-order valence-electron chi connectivity index (χ3n) is 2.54. The fraction of sp³-hybridized carbons (Fsp3) is 1.00. The van der Waals surface area contributed by atoms with Crippen molar-refractivity contribution in [3.8, 4) is 0 Å². The van der Waals surface area contributed by atoms with E-state index in [0.717, 1.165) is 19.7 Å². The van der Waals surface area contributed by atoms with E-state index < -0.39 is 0 Å². The standard InChI is InChI=1S/C8H16N2O/c1-6(9)3-10-4-8-2-7(10)5-11-8/h6-8H,2-5,9H2,1H3. The molecule has 0 spiro atoms. The van der Waals surface area contributed by atoms with Gasteiger partial charge in [0.05, 0.1) is 12.7 Å². The van der Waals surface area contributed by atoms with Gasteiger partial charge in [0, 0.05) is 25.2 Å². The van der Waals surface area contributed by atoms with Crippen molar-refractivity contribution in [2.24, 2.45) is 5.73 Å². The maximum atomic E-state index is 5.72. The average Bonchev–Trinajstić information content (AvgIpc) is 2.45. The topological polar surface area (TPSA) is 38.5 Å². The Morgan fingerprint density at radius 2 is 2.55 bits per heavy atom. The summed E-state index contributed by atoms with van der Waals surface area (Å²) in [6.45, 7) is 5.13. The second-order valence-electron chi connectivity index (χ2n) is 3.78. The highest BCUT2D eigenvalue weighted by atomic mass is 16.5. The van der Waals surface area contributed by atoms with Crippen LogP contribution in [0.5, 0.6) is 0 Å². The molecule has 0 aliphatic carbocycles. The highest BCUT2D eigenvalue weighted by Crippen LogP contribution is 2.27. The van der Waals surface area contributed by atoms with Crippen LogP contribution in [-0.2, 0) is 4.74 Å². The summed E-state index contributed by atoms with van der Waals surface area (Å²) in [5, 5.41) is 0. The Kier molecular flexibility index (Phi) is 1.87. The number of morpholine rings is 1. The number of fused-ring (bicyclic) bond motifs is 2. The molecule has 2 saturated heterocycles. The molecule has 64 valence electrons. The molecule has 0 aromatic heterocycles. The van der Waals surface area contributed by atoms with Crippen LogP contribution in [-0.4, -0.2) is 42.8 Å². The third kappa shape index (κ3) is 1.41. The van der Waals surface area contributed by atoms with Gasteiger partial charge >= 0.3 is 0 Å². The Morgan fingerprint density at radius 1 is 1.73 bits per heavy atom. The van der Waals surface area contributed by atoms with Gasteiger partial charge in [-0.15, -0.1) is 0 Å². The summed E-state index contributed by atoms with van der Waals surface area (Å²) < 4.78 is 5.48. The molecule has 3 nitrogen and oxygen atoms in total. The molecule has 2 rings (SSSR count). The van der Waals surface area contributed by atoms with E-state index in [2.05, 4.69) is 11.8 Å². The van der Waals surface area contributed by atoms with E-state index in [9.17, 15) is 0 Å². The Labute approximate surface area is 67.5 Å². The van der Waals surface area contributed by atoms with Crippen molar-refractivity contribution in [3.63, 3.8) is 0 Å². The van der Waals surface area contributed by atoms with E-state index >= 15 is 0 Å². The van der Waals surface area contributed by atoms with E-state index in [1.54, 1.807) is 0 Å². The van der Waals surface area contributed by atoms with Crippen LogP contribution in [0.1, 0.15) is 13.3 Å². The lowest BCUT2D eigenvalue weighted by Gasteiger charge is -2.27. The average molecular weight is 156 g/mol. The molecule has 2 heterocycles. The first-order valence-electron chi connectivity index (χ1n) is 4.37. The van der Waals surface area contributed by atoms with Crippen molar-refractivity contribution in [2.75, 3.05) is 19.7 Å². The summed E-state index contributed by atoms with van der Waals surface area (Å²) in [4.78, 5) is 2.46. The zero-order valence-electron chi connectivity index (χ0n) is 6.99. The summed E-state index contributed by atoms with van der Waals surface area (Å²) in [5.74, 6) is 0. The predicted molar refractivity (Wildman–Crippen MR) is 43.4 cm³/mol. The molecule has 2 aliphatic heterocycles. The molecule has 0 aromatic carbocycles. The van der Waals surface area contributed by atoms with Crippen LogP contribution in [0.25, 0.3) is 0 Å². The number of rotatable bonds is 2. The minimum Gasteiger partial charge on any atom is -0.375 e. The second-order valence-corrected chi connectivity index (χ2v) is 3.78. The number of ether oxygens (including phenoxy) is 1. The first-order valence-corrected chi connectivity index (χ1v) is 4.37. The number of nitrogens with zero attached hydrogens (tertiary/aromatic N) is 1. The summed E-state index contributed by atoms with van der Waals surface area (Å²) in [7, 11) is 0. The van der Waals surface area contributed by atoms with Gasteiger partial charge in [0.1, 0.15) is 0 Å². The van der Waals surface area contributed by atoms with Crippen molar-refractivity contribution < 1.29 is 4.74 Å². The van der Waals surface area contributed by atoms with Crippen molar-refractivity contribution in [1.82, 2.24) is 4.90 Å². The molecule has 3 atom stereocenters. The van der Waals surface area contributed by atoms with Gasteiger partial charge in [-0.25, -0.2) is 0 Å². The van der Waals surface area contributed by atoms with E-state index in [1.165, 1.54) is 6.42 Å². The zero-order chi connectivity index (χ0) is 7.84. The second kappa shape index (κ2) is 2.73. The molecule has 2 aliphatic rings. The highest BCUT2D eigenvalue weighted by Gasteiger charge is 2.38. The molecule has 0 aromatic rings. The summed E-state index contributed by atoms with van der Waals surface area (Å²) >= 11 is 0. The van der Waals surface area contributed by atoms with Crippen LogP contribution in [0.2, 0.25) is 0 Å². The number of hydrogen-bond donors (Lipinski definition) is 1. The largest absolute Gasteiger partial charge is 0.375 e. The third-order valence-corrected chi connectivity index (χ3v) is 2.54. The Balaban J connectivity index is 1.87. The van der Waals surface area contributed by atoms with Gasteiger partial charge in [-0.1, -0.05) is 0 Å². The minimum absolute atomic E-state index is 0.300. The predicted octanol–water partition coefficient (Wildman–Crippen LogP) is -0.193. The Bertz CT molecular complexity index is 149. The molecular formula is C8H16N2O. The number of likely N-dealkylation sites (tertiary alicyclic amines) is 1. The van der Waals surface area contributed by atoms with Gasteiger partial charge < -0.3 is 10.5 Å². The summed E-state index contributed by atoms with van der Waals surface area (Å²) in [6, 6.07) is 0.973. The Hall–Kier alpha value is -0.120. The van der Waals surface area contributed by atoms with Crippen molar-refractivity contribution >= 4 is 0 Å². The molecule has 2 fully saturated rings. The maximum Gasteiger partial charge on any atom is 0.0718 e. The molecular weight excluding hydrogens is 140 g/mol. The lowest BCUT2D eigenvalue weighted by molar-refractivity contribution is 0.0290. The van der Waals surface area contributed by atoms with Crippen LogP contribution in [0, 0.1) is 0 Å². The van der Waals surface area contributed by atoms with Gasteiger partial charge in [0.2, 0.25) is 0 Å². The number of nitrogens with two attached hydrogens (primary N) is 1. The molecule has 0 radical (unpaired) electrons. The summed E-state index contributed by atoms with van der Waals surface area (Å²) in [6.07, 6.45) is 1.74.